The van der Waals surface area contributed by atoms with Gasteiger partial charge in [0.15, 0.2) is 11.6 Å². The van der Waals surface area contributed by atoms with Crippen molar-refractivity contribution >= 4 is 5.91 Å². The minimum Gasteiger partial charge on any atom is -0.461 e. The molecule has 0 spiro atoms. The lowest BCUT2D eigenvalue weighted by molar-refractivity contribution is 0.0931. The summed E-state index contributed by atoms with van der Waals surface area (Å²) in [7, 11) is 0. The molecule has 1 atom stereocenters. The molecule has 2 aromatic heterocycles. The van der Waals surface area contributed by atoms with Gasteiger partial charge in [-0.3, -0.25) is 9.69 Å². The van der Waals surface area contributed by atoms with E-state index in [9.17, 15) is 4.79 Å². The second-order valence-corrected chi connectivity index (χ2v) is 7.12. The molecule has 1 saturated heterocycles. The molecule has 3 heterocycles. The number of aryl methyl sites for hydroxylation is 1. The van der Waals surface area contributed by atoms with Crippen molar-refractivity contribution in [3.8, 4) is 17.3 Å². The van der Waals surface area contributed by atoms with Gasteiger partial charge < -0.3 is 9.73 Å². The number of amides is 1. The molecule has 1 aromatic carbocycles. The molecule has 7 nitrogen and oxygen atoms in total. The van der Waals surface area contributed by atoms with Crippen LogP contribution in [0.5, 0.6) is 0 Å². The maximum Gasteiger partial charge on any atom is 0.291 e. The van der Waals surface area contributed by atoms with Gasteiger partial charge in [-0.15, -0.1) is 5.10 Å². The van der Waals surface area contributed by atoms with Crippen LogP contribution in [0.3, 0.4) is 0 Å². The van der Waals surface area contributed by atoms with Crippen molar-refractivity contribution in [2.45, 2.75) is 32.7 Å². The fourth-order valence-electron chi connectivity index (χ4n) is 3.75. The van der Waals surface area contributed by atoms with Gasteiger partial charge >= 0.3 is 0 Å². The second-order valence-electron chi connectivity index (χ2n) is 7.12. The average molecular weight is 379 g/mol. The van der Waals surface area contributed by atoms with Gasteiger partial charge in [0.2, 0.25) is 5.82 Å². The first-order chi connectivity index (χ1) is 13.7. The SMILES string of the molecule is CCN1CCCC1CNC(=O)c1nc(-c2ccco2)n(-c2cccc(C)c2)n1. The molecule has 146 valence electrons. The van der Waals surface area contributed by atoms with Crippen LogP contribution in [0.15, 0.2) is 47.1 Å². The molecule has 4 rings (SSSR count). The number of carbonyl (C=O) groups is 1. The molecular formula is C21H25N5O2. The number of carbonyl (C=O) groups excluding carboxylic acids is 1. The average Bonchev–Trinajstić information content (AvgIpc) is 3.45. The van der Waals surface area contributed by atoms with E-state index in [1.807, 2.05) is 37.3 Å². The van der Waals surface area contributed by atoms with Gasteiger partial charge in [0, 0.05) is 12.6 Å². The van der Waals surface area contributed by atoms with Gasteiger partial charge in [0.05, 0.1) is 12.0 Å². The number of likely N-dealkylation sites (tertiary alicyclic amines) is 1. The third-order valence-electron chi connectivity index (χ3n) is 5.20. The highest BCUT2D eigenvalue weighted by Gasteiger charge is 2.25. The topological polar surface area (TPSA) is 76.2 Å². The van der Waals surface area contributed by atoms with Crippen molar-refractivity contribution in [3.05, 3.63) is 54.0 Å². The Balaban J connectivity index is 1.59. The highest BCUT2D eigenvalue weighted by atomic mass is 16.3. The zero-order valence-electron chi connectivity index (χ0n) is 16.3. The lowest BCUT2D eigenvalue weighted by Crippen LogP contribution is -2.40. The van der Waals surface area contributed by atoms with Gasteiger partial charge in [0.1, 0.15) is 0 Å². The number of rotatable bonds is 6. The van der Waals surface area contributed by atoms with Crippen LogP contribution in [0.2, 0.25) is 0 Å². The van der Waals surface area contributed by atoms with Crippen molar-refractivity contribution in [1.82, 2.24) is 25.0 Å². The van der Waals surface area contributed by atoms with Crippen molar-refractivity contribution in [2.24, 2.45) is 0 Å². The molecule has 1 amide bonds. The van der Waals surface area contributed by atoms with Crippen LogP contribution in [0, 0.1) is 6.92 Å². The van der Waals surface area contributed by atoms with Crippen LogP contribution < -0.4 is 5.32 Å². The molecule has 3 aromatic rings. The first kappa shape index (κ1) is 18.4. The van der Waals surface area contributed by atoms with E-state index in [-0.39, 0.29) is 11.7 Å². The molecular weight excluding hydrogens is 354 g/mol. The van der Waals surface area contributed by atoms with Crippen LogP contribution in [-0.4, -0.2) is 51.2 Å². The first-order valence-corrected chi connectivity index (χ1v) is 9.76. The Bertz CT molecular complexity index is 948. The minimum absolute atomic E-state index is 0.147. The van der Waals surface area contributed by atoms with E-state index in [1.54, 1.807) is 17.0 Å². The molecule has 1 N–H and O–H groups in total. The standard InChI is InChI=1S/C21H25N5O2/c1-3-25-11-5-9-17(25)14-22-21(27)19-23-20(18-10-6-12-28-18)26(24-19)16-8-4-7-15(2)13-16/h4,6-8,10,12-13,17H,3,5,9,11,14H2,1-2H3,(H,22,27). The maximum atomic E-state index is 12.7. The zero-order chi connectivity index (χ0) is 19.5. The summed E-state index contributed by atoms with van der Waals surface area (Å²) in [5.41, 5.74) is 1.94. The van der Waals surface area contributed by atoms with E-state index >= 15 is 0 Å². The van der Waals surface area contributed by atoms with Crippen LogP contribution in [0.4, 0.5) is 0 Å². The number of nitrogens with zero attached hydrogens (tertiary/aromatic N) is 4. The molecule has 0 radical (unpaired) electrons. The third kappa shape index (κ3) is 3.71. The van der Waals surface area contributed by atoms with E-state index in [4.69, 9.17) is 4.42 Å². The number of hydrogen-bond acceptors (Lipinski definition) is 5. The highest BCUT2D eigenvalue weighted by Crippen LogP contribution is 2.22. The molecule has 1 aliphatic heterocycles. The van der Waals surface area contributed by atoms with E-state index in [0.717, 1.165) is 30.8 Å². The number of furan rings is 1. The maximum absolute atomic E-state index is 12.7. The quantitative estimate of drug-likeness (QED) is 0.712. The summed E-state index contributed by atoms with van der Waals surface area (Å²) in [6, 6.07) is 11.9. The summed E-state index contributed by atoms with van der Waals surface area (Å²) in [5, 5.41) is 7.49. The van der Waals surface area contributed by atoms with Crippen molar-refractivity contribution in [1.29, 1.82) is 0 Å². The predicted molar refractivity (Wildman–Crippen MR) is 106 cm³/mol. The Morgan fingerprint density at radius 3 is 2.96 bits per heavy atom. The van der Waals surface area contributed by atoms with Gasteiger partial charge in [-0.1, -0.05) is 19.1 Å². The molecule has 1 aliphatic rings. The summed E-state index contributed by atoms with van der Waals surface area (Å²) < 4.78 is 7.17. The number of aromatic nitrogens is 3. The normalized spacial score (nSPS) is 17.1. The van der Waals surface area contributed by atoms with Crippen molar-refractivity contribution in [3.63, 3.8) is 0 Å². The monoisotopic (exact) mass is 379 g/mol. The van der Waals surface area contributed by atoms with E-state index in [2.05, 4.69) is 27.2 Å². The van der Waals surface area contributed by atoms with Gasteiger partial charge in [-0.25, -0.2) is 4.68 Å². The summed E-state index contributed by atoms with van der Waals surface area (Å²) in [5.74, 6) is 0.967. The van der Waals surface area contributed by atoms with Crippen LogP contribution in [-0.2, 0) is 0 Å². The molecule has 7 heteroatoms. The number of nitrogens with one attached hydrogen (secondary N) is 1. The second kappa shape index (κ2) is 7.98. The Morgan fingerprint density at radius 2 is 2.21 bits per heavy atom. The van der Waals surface area contributed by atoms with Crippen molar-refractivity contribution < 1.29 is 9.21 Å². The summed E-state index contributed by atoms with van der Waals surface area (Å²) in [6.07, 6.45) is 3.87. The summed E-state index contributed by atoms with van der Waals surface area (Å²) in [6.45, 7) is 6.88. The van der Waals surface area contributed by atoms with Gasteiger partial charge in [-0.2, -0.15) is 4.98 Å². The van der Waals surface area contributed by atoms with Crippen LogP contribution in [0.1, 0.15) is 35.9 Å². The summed E-state index contributed by atoms with van der Waals surface area (Å²) in [4.78, 5) is 19.6. The van der Waals surface area contributed by atoms with E-state index < -0.39 is 0 Å². The lowest BCUT2D eigenvalue weighted by atomic mass is 10.2. The number of hydrogen-bond donors (Lipinski definition) is 1. The number of likely N-dealkylation sites (N-methyl/N-ethyl adjacent to an activating group) is 1. The Kier molecular flexibility index (Phi) is 5.25. The van der Waals surface area contributed by atoms with E-state index in [1.165, 1.54) is 6.42 Å². The minimum atomic E-state index is -0.262. The molecule has 0 bridgehead atoms. The summed E-state index contributed by atoms with van der Waals surface area (Å²) >= 11 is 0. The van der Waals surface area contributed by atoms with E-state index in [0.29, 0.717) is 24.2 Å². The third-order valence-corrected chi connectivity index (χ3v) is 5.20. The van der Waals surface area contributed by atoms with Gasteiger partial charge in [0.25, 0.3) is 5.91 Å². The van der Waals surface area contributed by atoms with Crippen LogP contribution in [0.25, 0.3) is 17.3 Å². The molecule has 0 saturated carbocycles. The Morgan fingerprint density at radius 1 is 1.32 bits per heavy atom. The Labute approximate surface area is 164 Å². The van der Waals surface area contributed by atoms with Crippen LogP contribution >= 0.6 is 0 Å². The highest BCUT2D eigenvalue weighted by molar-refractivity contribution is 5.90. The fraction of sp³-hybridized carbons (Fsp3) is 0.381. The number of benzene rings is 1. The zero-order valence-corrected chi connectivity index (χ0v) is 16.3. The van der Waals surface area contributed by atoms with Crippen molar-refractivity contribution in [2.75, 3.05) is 19.6 Å². The smallest absolute Gasteiger partial charge is 0.291 e. The molecule has 28 heavy (non-hydrogen) atoms. The molecule has 1 unspecified atom stereocenters. The Hall–Kier alpha value is -2.93. The largest absolute Gasteiger partial charge is 0.461 e. The van der Waals surface area contributed by atoms with Gasteiger partial charge in [-0.05, 0) is 62.7 Å². The molecule has 0 aliphatic carbocycles. The molecule has 1 fully saturated rings. The predicted octanol–water partition coefficient (Wildman–Crippen LogP) is 3.05. The first-order valence-electron chi connectivity index (χ1n) is 9.76. The lowest BCUT2D eigenvalue weighted by Gasteiger charge is -2.22. The fourth-order valence-corrected chi connectivity index (χ4v) is 3.75.